The fraction of sp³-hybridized carbons (Fsp3) is 0.258. The van der Waals surface area contributed by atoms with Crippen molar-refractivity contribution in [3.05, 3.63) is 101 Å². The number of H-pyrrole nitrogens is 1. The van der Waals surface area contributed by atoms with Gasteiger partial charge in [-0.2, -0.15) is 0 Å². The van der Waals surface area contributed by atoms with Gasteiger partial charge in [0, 0.05) is 35.1 Å². The van der Waals surface area contributed by atoms with Gasteiger partial charge in [-0.15, -0.1) is 0 Å². The number of carbonyl (C=O) groups excluding carboxylic acids is 3. The highest BCUT2D eigenvalue weighted by molar-refractivity contribution is 6.22. The Morgan fingerprint density at radius 2 is 1.71 bits per heavy atom. The van der Waals surface area contributed by atoms with Crippen molar-refractivity contribution in [1.29, 1.82) is 0 Å². The van der Waals surface area contributed by atoms with Crippen LogP contribution in [0.5, 0.6) is 0 Å². The van der Waals surface area contributed by atoms with E-state index in [9.17, 15) is 14.4 Å². The second-order valence-corrected chi connectivity index (χ2v) is 10.6. The quantitative estimate of drug-likeness (QED) is 0.358. The number of fused-ring (bicyclic) bond motifs is 4. The lowest BCUT2D eigenvalue weighted by Gasteiger charge is -2.36. The van der Waals surface area contributed by atoms with Crippen LogP contribution < -0.4 is 10.2 Å². The molecule has 1 aromatic heterocycles. The summed E-state index contributed by atoms with van der Waals surface area (Å²) in [5.41, 5.74) is 6.06. The number of hydrogen-bond acceptors (Lipinski definition) is 3. The average molecular weight is 507 g/mol. The van der Waals surface area contributed by atoms with E-state index in [1.54, 1.807) is 29.2 Å². The lowest BCUT2D eigenvalue weighted by molar-refractivity contribution is -0.120. The number of nitrogens with zero attached hydrogens (tertiary/aromatic N) is 2. The topological polar surface area (TPSA) is 85.5 Å². The van der Waals surface area contributed by atoms with Crippen LogP contribution in [0, 0.1) is 12.8 Å². The molecule has 0 spiro atoms. The number of nitrogens with one attached hydrogen (secondary N) is 2. The van der Waals surface area contributed by atoms with Gasteiger partial charge in [-0.3, -0.25) is 14.5 Å². The number of benzene rings is 3. The molecule has 4 aromatic rings. The highest BCUT2D eigenvalue weighted by Gasteiger charge is 2.53. The standard InChI is InChI=1S/C31H30N4O3/c1-18(2)17-32-29(36)21-12-14-22(15-13-21)34-30(37)26-16-24-23-6-4-5-7-25(23)33-27(24)28(35(26)31(34)38)20-10-8-19(3)9-11-20/h4-15,18,26,28,33H,16-17H2,1-3H3,(H,32,36). The van der Waals surface area contributed by atoms with Crippen molar-refractivity contribution < 1.29 is 14.4 Å². The van der Waals surface area contributed by atoms with Crippen molar-refractivity contribution in [2.24, 2.45) is 5.92 Å². The van der Waals surface area contributed by atoms with Crippen LogP contribution in [0.3, 0.4) is 0 Å². The number of para-hydroxylation sites is 1. The lowest BCUT2D eigenvalue weighted by atomic mass is 9.88. The van der Waals surface area contributed by atoms with Gasteiger partial charge in [-0.05, 0) is 54.3 Å². The second kappa shape index (κ2) is 9.17. The molecule has 3 heterocycles. The molecule has 7 heteroatoms. The van der Waals surface area contributed by atoms with Gasteiger partial charge in [0.2, 0.25) is 0 Å². The van der Waals surface area contributed by atoms with Gasteiger partial charge in [0.05, 0.1) is 5.69 Å². The summed E-state index contributed by atoms with van der Waals surface area (Å²) in [6.45, 7) is 6.67. The lowest BCUT2D eigenvalue weighted by Crippen LogP contribution is -2.44. The molecule has 1 saturated heterocycles. The predicted molar refractivity (Wildman–Crippen MR) is 147 cm³/mol. The first-order valence-electron chi connectivity index (χ1n) is 13.0. The van der Waals surface area contributed by atoms with Crippen molar-refractivity contribution in [2.75, 3.05) is 11.4 Å². The Morgan fingerprint density at radius 3 is 2.42 bits per heavy atom. The molecule has 7 nitrogen and oxygen atoms in total. The SMILES string of the molecule is Cc1ccc(C2c3[nH]c4ccccc4c3CC3C(=O)N(c4ccc(C(=O)NCC(C)C)cc4)C(=O)N32)cc1. The van der Waals surface area contributed by atoms with Crippen molar-refractivity contribution in [2.45, 2.75) is 39.3 Å². The van der Waals surface area contributed by atoms with E-state index in [0.29, 0.717) is 30.1 Å². The summed E-state index contributed by atoms with van der Waals surface area (Å²) in [6.07, 6.45) is 0.443. The molecule has 38 heavy (non-hydrogen) atoms. The Morgan fingerprint density at radius 1 is 1.00 bits per heavy atom. The molecule has 0 saturated carbocycles. The number of aryl methyl sites for hydroxylation is 1. The third kappa shape index (κ3) is 3.86. The van der Waals surface area contributed by atoms with E-state index in [0.717, 1.165) is 33.3 Å². The van der Waals surface area contributed by atoms with E-state index in [-0.39, 0.29) is 17.8 Å². The third-order valence-corrected chi connectivity index (χ3v) is 7.50. The number of aromatic amines is 1. The van der Waals surface area contributed by atoms with E-state index in [2.05, 4.69) is 16.4 Å². The highest BCUT2D eigenvalue weighted by Crippen LogP contribution is 2.44. The van der Waals surface area contributed by atoms with Crippen molar-refractivity contribution in [1.82, 2.24) is 15.2 Å². The number of anilines is 1. The largest absolute Gasteiger partial charge is 0.356 e. The van der Waals surface area contributed by atoms with E-state index in [1.165, 1.54) is 4.90 Å². The summed E-state index contributed by atoms with van der Waals surface area (Å²) in [7, 11) is 0. The van der Waals surface area contributed by atoms with Crippen molar-refractivity contribution in [3.63, 3.8) is 0 Å². The maximum atomic E-state index is 14.0. The summed E-state index contributed by atoms with van der Waals surface area (Å²) in [4.78, 5) is 46.8. The van der Waals surface area contributed by atoms with Crippen LogP contribution in [0.4, 0.5) is 10.5 Å². The summed E-state index contributed by atoms with van der Waals surface area (Å²) in [5.74, 6) is -0.0831. The Balaban J connectivity index is 1.38. The zero-order chi connectivity index (χ0) is 26.6. The van der Waals surface area contributed by atoms with Crippen LogP contribution in [0.25, 0.3) is 10.9 Å². The summed E-state index contributed by atoms with van der Waals surface area (Å²) in [6, 6.07) is 21.5. The molecule has 3 aromatic carbocycles. The smallest absolute Gasteiger partial charge is 0.332 e. The minimum atomic E-state index is -0.616. The predicted octanol–water partition coefficient (Wildman–Crippen LogP) is 5.35. The molecule has 0 radical (unpaired) electrons. The van der Waals surface area contributed by atoms with Gasteiger partial charge in [0.15, 0.2) is 0 Å². The zero-order valence-corrected chi connectivity index (χ0v) is 21.7. The van der Waals surface area contributed by atoms with Crippen LogP contribution in [-0.2, 0) is 11.2 Å². The molecule has 2 atom stereocenters. The van der Waals surface area contributed by atoms with Crippen molar-refractivity contribution in [3.8, 4) is 0 Å². The van der Waals surface area contributed by atoms with Crippen LogP contribution in [0.2, 0.25) is 0 Å². The zero-order valence-electron chi connectivity index (χ0n) is 21.7. The molecule has 1 fully saturated rings. The van der Waals surface area contributed by atoms with E-state index < -0.39 is 12.1 Å². The van der Waals surface area contributed by atoms with Gasteiger partial charge in [-0.25, -0.2) is 9.69 Å². The average Bonchev–Trinajstić information content (AvgIpc) is 3.41. The molecule has 2 aliphatic heterocycles. The Hall–Kier alpha value is -4.39. The maximum Gasteiger partial charge on any atom is 0.332 e. The number of aromatic nitrogens is 1. The fourth-order valence-electron chi connectivity index (χ4n) is 5.57. The van der Waals surface area contributed by atoms with Crippen LogP contribution in [0.1, 0.15) is 52.6 Å². The minimum Gasteiger partial charge on any atom is -0.356 e. The molecule has 4 amide bonds. The first-order chi connectivity index (χ1) is 18.3. The number of hydrogen-bond donors (Lipinski definition) is 2. The monoisotopic (exact) mass is 506 g/mol. The first kappa shape index (κ1) is 24.0. The van der Waals surface area contributed by atoms with E-state index in [4.69, 9.17) is 0 Å². The van der Waals surface area contributed by atoms with E-state index >= 15 is 0 Å². The number of carbonyl (C=O) groups is 3. The molecule has 0 aliphatic carbocycles. The van der Waals surface area contributed by atoms with Crippen molar-refractivity contribution >= 4 is 34.4 Å². The molecule has 2 N–H and O–H groups in total. The number of rotatable bonds is 5. The number of urea groups is 1. The van der Waals surface area contributed by atoms with Gasteiger partial charge >= 0.3 is 6.03 Å². The molecular weight excluding hydrogens is 476 g/mol. The molecular formula is C31H30N4O3. The van der Waals surface area contributed by atoms with Gasteiger partial charge in [0.25, 0.3) is 11.8 Å². The summed E-state index contributed by atoms with van der Waals surface area (Å²) >= 11 is 0. The van der Waals surface area contributed by atoms with Gasteiger partial charge in [0.1, 0.15) is 12.1 Å². The van der Waals surface area contributed by atoms with Crippen LogP contribution in [-0.4, -0.2) is 40.3 Å². The van der Waals surface area contributed by atoms with Gasteiger partial charge in [-0.1, -0.05) is 61.9 Å². The highest BCUT2D eigenvalue weighted by atomic mass is 16.2. The molecule has 2 unspecified atom stereocenters. The molecule has 2 aliphatic rings. The fourth-order valence-corrected chi connectivity index (χ4v) is 5.57. The first-order valence-corrected chi connectivity index (χ1v) is 13.0. The summed E-state index contributed by atoms with van der Waals surface area (Å²) in [5, 5.41) is 3.98. The van der Waals surface area contributed by atoms with Crippen LogP contribution in [0.15, 0.2) is 72.8 Å². The second-order valence-electron chi connectivity index (χ2n) is 10.6. The third-order valence-electron chi connectivity index (χ3n) is 7.50. The Bertz CT molecular complexity index is 1550. The minimum absolute atomic E-state index is 0.174. The maximum absolute atomic E-state index is 14.0. The number of imide groups is 1. The number of amides is 4. The van der Waals surface area contributed by atoms with Crippen LogP contribution >= 0.6 is 0 Å². The Labute approximate surface area is 221 Å². The summed E-state index contributed by atoms with van der Waals surface area (Å²) < 4.78 is 0. The van der Waals surface area contributed by atoms with Gasteiger partial charge < -0.3 is 10.3 Å². The molecule has 6 rings (SSSR count). The Kier molecular flexibility index (Phi) is 5.79. The molecule has 192 valence electrons. The van der Waals surface area contributed by atoms with E-state index in [1.807, 2.05) is 63.2 Å². The molecule has 0 bridgehead atoms. The normalized spacial score (nSPS) is 18.7.